The summed E-state index contributed by atoms with van der Waals surface area (Å²) in [4.78, 5) is 0. The molecule has 0 aromatic rings. The van der Waals surface area contributed by atoms with Crippen LogP contribution >= 0.6 is 0 Å². The van der Waals surface area contributed by atoms with E-state index in [4.69, 9.17) is 9.47 Å². The number of aliphatic hydroxyl groups is 1. The second-order valence-corrected chi connectivity index (χ2v) is 5.71. The van der Waals surface area contributed by atoms with Crippen LogP contribution in [0, 0.1) is 0 Å². The Morgan fingerprint density at radius 2 is 1.74 bits per heavy atom. The van der Waals surface area contributed by atoms with Crippen molar-refractivity contribution in [3.05, 3.63) is 0 Å². The van der Waals surface area contributed by atoms with Gasteiger partial charge in [0.25, 0.3) is 0 Å². The molecule has 0 fully saturated rings. The average molecular weight is 275 g/mol. The van der Waals surface area contributed by atoms with Crippen LogP contribution in [0.4, 0.5) is 0 Å². The van der Waals surface area contributed by atoms with Crippen LogP contribution in [-0.2, 0) is 9.47 Å². The van der Waals surface area contributed by atoms with Gasteiger partial charge >= 0.3 is 0 Å². The summed E-state index contributed by atoms with van der Waals surface area (Å²) in [6.45, 7) is 11.5. The van der Waals surface area contributed by atoms with E-state index in [2.05, 4.69) is 33.0 Å². The van der Waals surface area contributed by atoms with Gasteiger partial charge in [0.15, 0.2) is 0 Å². The molecule has 0 aliphatic heterocycles. The predicted octanol–water partition coefficient (Wildman–Crippen LogP) is 2.35. The van der Waals surface area contributed by atoms with Gasteiger partial charge in [0, 0.05) is 18.7 Å². The highest BCUT2D eigenvalue weighted by atomic mass is 16.5. The van der Waals surface area contributed by atoms with E-state index in [9.17, 15) is 5.11 Å². The first kappa shape index (κ1) is 18.8. The summed E-state index contributed by atoms with van der Waals surface area (Å²) < 4.78 is 10.8. The topological polar surface area (TPSA) is 50.7 Å². The van der Waals surface area contributed by atoms with Crippen molar-refractivity contribution in [1.82, 2.24) is 5.32 Å². The lowest BCUT2D eigenvalue weighted by molar-refractivity contribution is 0.00197. The summed E-state index contributed by atoms with van der Waals surface area (Å²) in [5.41, 5.74) is 0.0823. The highest BCUT2D eigenvalue weighted by molar-refractivity contribution is 4.78. The molecule has 0 aliphatic rings. The van der Waals surface area contributed by atoms with Gasteiger partial charge in [-0.15, -0.1) is 0 Å². The van der Waals surface area contributed by atoms with E-state index in [1.165, 1.54) is 0 Å². The minimum atomic E-state index is -0.452. The zero-order valence-electron chi connectivity index (χ0n) is 13.2. The van der Waals surface area contributed by atoms with Gasteiger partial charge in [-0.05, 0) is 26.7 Å². The Balaban J connectivity index is 3.41. The quantitative estimate of drug-likeness (QED) is 0.507. The molecule has 4 nitrogen and oxygen atoms in total. The van der Waals surface area contributed by atoms with E-state index in [0.29, 0.717) is 26.4 Å². The van der Waals surface area contributed by atoms with Crippen molar-refractivity contribution in [3.8, 4) is 0 Å². The fraction of sp³-hybridized carbons (Fsp3) is 1.00. The summed E-state index contributed by atoms with van der Waals surface area (Å²) >= 11 is 0. The largest absolute Gasteiger partial charge is 0.389 e. The third-order valence-corrected chi connectivity index (χ3v) is 3.02. The number of β-amino-alcohol motifs (C(OH)–C–C–N with tert-alkyl or cyclic N) is 1. The van der Waals surface area contributed by atoms with Crippen molar-refractivity contribution in [2.75, 3.05) is 33.0 Å². The van der Waals surface area contributed by atoms with Gasteiger partial charge < -0.3 is 19.9 Å². The molecule has 0 aliphatic carbocycles. The minimum Gasteiger partial charge on any atom is -0.389 e. The van der Waals surface area contributed by atoms with Crippen LogP contribution in [0.2, 0.25) is 0 Å². The van der Waals surface area contributed by atoms with Crippen molar-refractivity contribution in [2.24, 2.45) is 0 Å². The summed E-state index contributed by atoms with van der Waals surface area (Å²) in [7, 11) is 0. The van der Waals surface area contributed by atoms with Gasteiger partial charge in [-0.25, -0.2) is 0 Å². The maximum absolute atomic E-state index is 9.79. The first-order chi connectivity index (χ1) is 9.02. The second-order valence-electron chi connectivity index (χ2n) is 5.71. The molecule has 0 bridgehead atoms. The third kappa shape index (κ3) is 12.6. The highest BCUT2D eigenvalue weighted by Crippen LogP contribution is 2.10. The molecule has 1 atom stereocenters. The van der Waals surface area contributed by atoms with Crippen LogP contribution in [0.5, 0.6) is 0 Å². The molecule has 0 amide bonds. The van der Waals surface area contributed by atoms with Gasteiger partial charge in [0.2, 0.25) is 0 Å². The van der Waals surface area contributed by atoms with Gasteiger partial charge in [0.05, 0.1) is 25.9 Å². The third-order valence-electron chi connectivity index (χ3n) is 3.02. The number of aliphatic hydroxyl groups excluding tert-OH is 1. The zero-order valence-corrected chi connectivity index (χ0v) is 13.2. The van der Waals surface area contributed by atoms with E-state index in [1.807, 2.05) is 0 Å². The van der Waals surface area contributed by atoms with Gasteiger partial charge in [-0.1, -0.05) is 26.7 Å². The smallest absolute Gasteiger partial charge is 0.0897 e. The Morgan fingerprint density at radius 1 is 1.05 bits per heavy atom. The zero-order chi connectivity index (χ0) is 14.6. The molecule has 0 rings (SSSR count). The normalized spacial score (nSPS) is 13.7. The average Bonchev–Trinajstić information content (AvgIpc) is 2.35. The maximum Gasteiger partial charge on any atom is 0.0897 e. The minimum absolute atomic E-state index is 0.0823. The molecule has 4 heteroatoms. The summed E-state index contributed by atoms with van der Waals surface area (Å²) in [5, 5.41) is 13.2. The lowest BCUT2D eigenvalue weighted by Crippen LogP contribution is -2.44. The SMILES string of the molecule is CCCCOCCOCC(O)CNC(C)(C)CCC. The monoisotopic (exact) mass is 275 g/mol. The van der Waals surface area contributed by atoms with Crippen LogP contribution in [0.3, 0.4) is 0 Å². The Kier molecular flexibility index (Phi) is 11.6. The molecule has 19 heavy (non-hydrogen) atoms. The van der Waals surface area contributed by atoms with Crippen molar-refractivity contribution < 1.29 is 14.6 Å². The molecule has 2 N–H and O–H groups in total. The lowest BCUT2D eigenvalue weighted by Gasteiger charge is -2.27. The van der Waals surface area contributed by atoms with Crippen molar-refractivity contribution >= 4 is 0 Å². The van der Waals surface area contributed by atoms with Gasteiger partial charge in [0.1, 0.15) is 0 Å². The van der Waals surface area contributed by atoms with Gasteiger partial charge in [-0.3, -0.25) is 0 Å². The van der Waals surface area contributed by atoms with Crippen molar-refractivity contribution in [2.45, 2.75) is 65.0 Å². The van der Waals surface area contributed by atoms with Crippen LogP contribution in [-0.4, -0.2) is 49.7 Å². The van der Waals surface area contributed by atoms with Crippen LogP contribution in [0.1, 0.15) is 53.4 Å². The summed E-state index contributed by atoms with van der Waals surface area (Å²) in [6.07, 6.45) is 4.04. The fourth-order valence-electron chi connectivity index (χ4n) is 1.85. The number of rotatable bonds is 13. The molecule has 0 saturated heterocycles. The Morgan fingerprint density at radius 3 is 2.37 bits per heavy atom. The Hall–Kier alpha value is -0.160. The number of unbranched alkanes of at least 4 members (excludes halogenated alkanes) is 1. The molecule has 0 spiro atoms. The van der Waals surface area contributed by atoms with E-state index in [0.717, 1.165) is 32.3 Å². The van der Waals surface area contributed by atoms with Crippen LogP contribution in [0.25, 0.3) is 0 Å². The lowest BCUT2D eigenvalue weighted by atomic mass is 9.99. The van der Waals surface area contributed by atoms with Crippen molar-refractivity contribution in [1.29, 1.82) is 0 Å². The summed E-state index contributed by atoms with van der Waals surface area (Å²) in [5.74, 6) is 0. The Bertz CT molecular complexity index is 198. The standard InChI is InChI=1S/C15H33NO3/c1-5-7-9-18-10-11-19-13-14(17)12-16-15(3,4)8-6-2/h14,16-17H,5-13H2,1-4H3. The van der Waals surface area contributed by atoms with E-state index >= 15 is 0 Å². The molecule has 0 aromatic heterocycles. The van der Waals surface area contributed by atoms with Crippen molar-refractivity contribution in [3.63, 3.8) is 0 Å². The van der Waals surface area contributed by atoms with Crippen LogP contribution < -0.4 is 5.32 Å². The maximum atomic E-state index is 9.79. The molecular formula is C15H33NO3. The second kappa shape index (κ2) is 11.6. The predicted molar refractivity (Wildman–Crippen MR) is 79.5 cm³/mol. The number of ether oxygens (including phenoxy) is 2. The molecule has 0 saturated carbocycles. The highest BCUT2D eigenvalue weighted by Gasteiger charge is 2.17. The first-order valence-corrected chi connectivity index (χ1v) is 7.60. The van der Waals surface area contributed by atoms with E-state index in [-0.39, 0.29) is 5.54 Å². The fourth-order valence-corrected chi connectivity index (χ4v) is 1.85. The molecule has 1 unspecified atom stereocenters. The number of nitrogens with one attached hydrogen (secondary N) is 1. The number of hydrogen-bond acceptors (Lipinski definition) is 4. The summed E-state index contributed by atoms with van der Waals surface area (Å²) in [6, 6.07) is 0. The first-order valence-electron chi connectivity index (χ1n) is 7.60. The number of hydrogen-bond donors (Lipinski definition) is 2. The molecule has 0 aromatic carbocycles. The van der Waals surface area contributed by atoms with E-state index < -0.39 is 6.10 Å². The van der Waals surface area contributed by atoms with E-state index in [1.54, 1.807) is 0 Å². The Labute approximate surface area is 118 Å². The van der Waals surface area contributed by atoms with Crippen LogP contribution in [0.15, 0.2) is 0 Å². The molecule has 0 radical (unpaired) electrons. The molecule has 116 valence electrons. The van der Waals surface area contributed by atoms with Gasteiger partial charge in [-0.2, -0.15) is 0 Å². The molecule has 0 heterocycles. The molecular weight excluding hydrogens is 242 g/mol.